The summed E-state index contributed by atoms with van der Waals surface area (Å²) in [5.41, 5.74) is 0. The van der Waals surface area contributed by atoms with Crippen molar-refractivity contribution < 1.29 is 15.0 Å². The van der Waals surface area contributed by atoms with Gasteiger partial charge in [0.15, 0.2) is 0 Å². The van der Waals surface area contributed by atoms with Gasteiger partial charge in [-0.05, 0) is 13.0 Å². The maximum Gasteiger partial charge on any atom is 0.347 e. The van der Waals surface area contributed by atoms with E-state index >= 15 is 0 Å². The first-order valence-corrected chi connectivity index (χ1v) is 4.32. The van der Waals surface area contributed by atoms with Crippen molar-refractivity contribution in [2.24, 2.45) is 0 Å². The Morgan fingerprint density at radius 1 is 1.42 bits per heavy atom. The van der Waals surface area contributed by atoms with E-state index < -0.39 is 12.2 Å². The van der Waals surface area contributed by atoms with Gasteiger partial charge in [0.05, 0.1) is 0 Å². The molecule has 0 rings (SSSR count). The van der Waals surface area contributed by atoms with Gasteiger partial charge in [-0.2, -0.15) is 0 Å². The van der Waals surface area contributed by atoms with E-state index in [0.29, 0.717) is 6.54 Å². The molecule has 0 aromatic carbocycles. The first-order valence-electron chi connectivity index (χ1n) is 4.32. The van der Waals surface area contributed by atoms with Crippen LogP contribution in [0.3, 0.4) is 0 Å². The van der Waals surface area contributed by atoms with E-state index in [2.05, 4.69) is 12.2 Å². The Hall–Kier alpha value is -0.610. The second-order valence-electron chi connectivity index (χ2n) is 2.76. The van der Waals surface area contributed by atoms with Crippen molar-refractivity contribution in [1.29, 1.82) is 0 Å². The Balaban J connectivity index is 3.14. The average Bonchev–Trinajstić information content (AvgIpc) is 2.03. The molecule has 0 aliphatic carbocycles. The normalized spacial score (nSPS) is 12.8. The number of hydrogen-bond acceptors (Lipinski definition) is 3. The summed E-state index contributed by atoms with van der Waals surface area (Å²) in [6.45, 7) is 2.67. The summed E-state index contributed by atoms with van der Waals surface area (Å²) >= 11 is 0. The van der Waals surface area contributed by atoms with Gasteiger partial charge in [0, 0.05) is 0 Å². The number of aliphatic carboxylic acids is 1. The van der Waals surface area contributed by atoms with E-state index in [1.807, 2.05) is 0 Å². The van der Waals surface area contributed by atoms with E-state index in [9.17, 15) is 4.79 Å². The second-order valence-corrected chi connectivity index (χ2v) is 2.76. The highest BCUT2D eigenvalue weighted by molar-refractivity contribution is 5.71. The van der Waals surface area contributed by atoms with Crippen molar-refractivity contribution in [1.82, 2.24) is 5.32 Å². The molecule has 0 radical (unpaired) electrons. The lowest BCUT2D eigenvalue weighted by molar-refractivity contribution is -0.148. The number of unbranched alkanes of at least 4 members (excludes halogenated alkanes) is 3. The Morgan fingerprint density at radius 3 is 2.58 bits per heavy atom. The highest BCUT2D eigenvalue weighted by Gasteiger charge is 2.09. The fourth-order valence-electron chi connectivity index (χ4n) is 0.878. The first-order chi connectivity index (χ1) is 5.68. The fourth-order valence-corrected chi connectivity index (χ4v) is 0.878. The summed E-state index contributed by atoms with van der Waals surface area (Å²) in [4.78, 5) is 10.1. The molecule has 12 heavy (non-hydrogen) atoms. The first kappa shape index (κ1) is 11.4. The van der Waals surface area contributed by atoms with E-state index in [1.165, 1.54) is 0 Å². The van der Waals surface area contributed by atoms with Gasteiger partial charge >= 0.3 is 5.97 Å². The lowest BCUT2D eigenvalue weighted by Crippen LogP contribution is -2.36. The highest BCUT2D eigenvalue weighted by Crippen LogP contribution is 1.97. The fraction of sp³-hybridized carbons (Fsp3) is 0.875. The summed E-state index contributed by atoms with van der Waals surface area (Å²) in [6, 6.07) is 0. The van der Waals surface area contributed by atoms with Gasteiger partial charge in [0.1, 0.15) is 0 Å². The third-order valence-electron chi connectivity index (χ3n) is 1.60. The van der Waals surface area contributed by atoms with Crippen molar-refractivity contribution in [2.75, 3.05) is 6.54 Å². The minimum absolute atomic E-state index is 0.563. The molecular weight excluding hydrogens is 158 g/mol. The smallest absolute Gasteiger partial charge is 0.347 e. The molecule has 0 saturated carbocycles. The Kier molecular flexibility index (Phi) is 6.70. The molecule has 0 bridgehead atoms. The Bertz CT molecular complexity index is 127. The van der Waals surface area contributed by atoms with Gasteiger partial charge in [-0.25, -0.2) is 4.79 Å². The lowest BCUT2D eigenvalue weighted by atomic mass is 10.2. The van der Waals surface area contributed by atoms with Crippen molar-refractivity contribution in [3.05, 3.63) is 0 Å². The number of carboxylic acids is 1. The molecule has 0 spiro atoms. The quantitative estimate of drug-likeness (QED) is 0.390. The summed E-state index contributed by atoms with van der Waals surface area (Å²) in [7, 11) is 0. The molecule has 0 amide bonds. The van der Waals surface area contributed by atoms with Gasteiger partial charge in [-0.3, -0.25) is 5.32 Å². The van der Waals surface area contributed by atoms with E-state index in [1.54, 1.807) is 0 Å². The summed E-state index contributed by atoms with van der Waals surface area (Å²) in [5, 5.41) is 19.5. The summed E-state index contributed by atoms with van der Waals surface area (Å²) in [5.74, 6) is -1.22. The van der Waals surface area contributed by atoms with Crippen LogP contribution in [0.5, 0.6) is 0 Å². The van der Waals surface area contributed by atoms with Crippen LogP contribution in [0.25, 0.3) is 0 Å². The Morgan fingerprint density at radius 2 is 2.08 bits per heavy atom. The second kappa shape index (κ2) is 7.06. The molecule has 4 heteroatoms. The molecule has 4 nitrogen and oxygen atoms in total. The van der Waals surface area contributed by atoms with Crippen molar-refractivity contribution in [2.45, 2.75) is 38.8 Å². The minimum atomic E-state index is -1.41. The molecule has 0 aliphatic heterocycles. The topological polar surface area (TPSA) is 69.6 Å². The molecular formula is C8H17NO3. The maximum absolute atomic E-state index is 10.1. The van der Waals surface area contributed by atoms with Gasteiger partial charge in [-0.15, -0.1) is 0 Å². The molecule has 0 aromatic heterocycles. The molecule has 0 aliphatic rings. The van der Waals surface area contributed by atoms with E-state index in [4.69, 9.17) is 10.2 Å². The number of nitrogens with one attached hydrogen (secondary N) is 1. The largest absolute Gasteiger partial charge is 0.478 e. The summed E-state index contributed by atoms with van der Waals surface area (Å²) in [6.07, 6.45) is 2.90. The molecule has 0 saturated heterocycles. The zero-order valence-electron chi connectivity index (χ0n) is 7.42. The third kappa shape index (κ3) is 6.12. The SMILES string of the molecule is CCCCCCNC(O)C(=O)O. The lowest BCUT2D eigenvalue weighted by Gasteiger charge is -2.06. The van der Waals surface area contributed by atoms with Crippen LogP contribution in [0.1, 0.15) is 32.6 Å². The molecule has 72 valence electrons. The van der Waals surface area contributed by atoms with Crippen LogP contribution in [0.4, 0.5) is 0 Å². The zero-order valence-corrected chi connectivity index (χ0v) is 7.42. The number of carbonyl (C=O) groups is 1. The standard InChI is InChI=1S/C8H17NO3/c1-2-3-4-5-6-9-7(10)8(11)12/h7,9-10H,2-6H2,1H3,(H,11,12). The van der Waals surface area contributed by atoms with Gasteiger partial charge < -0.3 is 10.2 Å². The number of aliphatic hydroxyl groups is 1. The third-order valence-corrected chi connectivity index (χ3v) is 1.60. The molecule has 1 unspecified atom stereocenters. The molecule has 0 heterocycles. The van der Waals surface area contributed by atoms with Crippen LogP contribution in [-0.4, -0.2) is 29.0 Å². The number of hydrogen-bond donors (Lipinski definition) is 3. The predicted molar refractivity (Wildman–Crippen MR) is 45.8 cm³/mol. The van der Waals surface area contributed by atoms with Gasteiger partial charge in [0.2, 0.25) is 6.23 Å². The predicted octanol–water partition coefficient (Wildman–Crippen LogP) is 0.559. The van der Waals surface area contributed by atoms with Crippen LogP contribution in [0, 0.1) is 0 Å². The average molecular weight is 175 g/mol. The monoisotopic (exact) mass is 175 g/mol. The van der Waals surface area contributed by atoms with Crippen LogP contribution >= 0.6 is 0 Å². The van der Waals surface area contributed by atoms with E-state index in [-0.39, 0.29) is 0 Å². The van der Waals surface area contributed by atoms with Crippen molar-refractivity contribution >= 4 is 5.97 Å². The number of carboxylic acid groups (broad SMARTS) is 1. The molecule has 0 fully saturated rings. The maximum atomic E-state index is 10.1. The van der Waals surface area contributed by atoms with Crippen LogP contribution < -0.4 is 5.32 Å². The molecule has 1 atom stereocenters. The number of aliphatic hydroxyl groups excluding tert-OH is 1. The van der Waals surface area contributed by atoms with Crippen LogP contribution in [0.2, 0.25) is 0 Å². The highest BCUT2D eigenvalue weighted by atomic mass is 16.4. The van der Waals surface area contributed by atoms with Crippen LogP contribution in [0.15, 0.2) is 0 Å². The molecule has 3 N–H and O–H groups in total. The van der Waals surface area contributed by atoms with Gasteiger partial charge in [0.25, 0.3) is 0 Å². The van der Waals surface area contributed by atoms with Crippen molar-refractivity contribution in [3.63, 3.8) is 0 Å². The van der Waals surface area contributed by atoms with Crippen molar-refractivity contribution in [3.8, 4) is 0 Å². The summed E-state index contributed by atoms with van der Waals surface area (Å²) < 4.78 is 0. The zero-order chi connectivity index (χ0) is 9.40. The number of rotatable bonds is 7. The Labute approximate surface area is 72.6 Å². The minimum Gasteiger partial charge on any atom is -0.478 e. The molecule has 0 aromatic rings. The van der Waals surface area contributed by atoms with Crippen LogP contribution in [-0.2, 0) is 4.79 Å². The van der Waals surface area contributed by atoms with Gasteiger partial charge in [-0.1, -0.05) is 26.2 Å². The van der Waals surface area contributed by atoms with E-state index in [0.717, 1.165) is 25.7 Å².